The molecule has 3 heterocycles. The molecule has 2 aliphatic rings. The van der Waals surface area contributed by atoms with Crippen LogP contribution < -0.4 is 4.90 Å². The van der Waals surface area contributed by atoms with Crippen molar-refractivity contribution < 1.29 is 14.3 Å². The Hall–Kier alpha value is -1.92. The molecule has 1 aromatic heterocycles. The van der Waals surface area contributed by atoms with Crippen LogP contribution in [0.5, 0.6) is 0 Å². The van der Waals surface area contributed by atoms with Gasteiger partial charge < -0.3 is 10.0 Å². The first-order valence-corrected chi connectivity index (χ1v) is 9.50. The van der Waals surface area contributed by atoms with Crippen molar-refractivity contribution in [2.75, 3.05) is 11.9 Å². The van der Waals surface area contributed by atoms with E-state index >= 15 is 0 Å². The lowest BCUT2D eigenvalue weighted by Crippen LogP contribution is -2.50. The summed E-state index contributed by atoms with van der Waals surface area (Å²) in [5, 5.41) is 11.9. The molecule has 3 atom stereocenters. The second kappa shape index (κ2) is 6.42. The zero-order valence-corrected chi connectivity index (χ0v) is 14.9. The largest absolute Gasteiger partial charge is 0.465 e. The Morgan fingerprint density at radius 1 is 1.28 bits per heavy atom. The topological polar surface area (TPSA) is 43.8 Å². The van der Waals surface area contributed by atoms with Crippen molar-refractivity contribution in [2.45, 2.75) is 43.8 Å². The molecule has 25 heavy (non-hydrogen) atoms. The highest BCUT2D eigenvalue weighted by Gasteiger charge is 2.42. The minimum absolute atomic E-state index is 0.0598. The average Bonchev–Trinajstić information content (AvgIpc) is 3.16. The first-order chi connectivity index (χ1) is 12.0. The molecule has 2 aromatic rings. The number of anilines is 1. The number of thiophene rings is 1. The summed E-state index contributed by atoms with van der Waals surface area (Å²) in [7, 11) is 2.14. The van der Waals surface area contributed by atoms with E-state index < -0.39 is 6.09 Å². The Labute approximate surface area is 150 Å². The van der Waals surface area contributed by atoms with Gasteiger partial charge in [0.15, 0.2) is 0 Å². The van der Waals surface area contributed by atoms with Crippen LogP contribution in [-0.2, 0) is 0 Å². The van der Waals surface area contributed by atoms with Crippen LogP contribution in [0.15, 0.2) is 35.7 Å². The molecule has 2 bridgehead atoms. The van der Waals surface area contributed by atoms with E-state index in [1.807, 2.05) is 17.5 Å². The molecule has 2 fully saturated rings. The molecule has 132 valence electrons. The molecule has 1 aromatic carbocycles. The van der Waals surface area contributed by atoms with Crippen molar-refractivity contribution in [3.63, 3.8) is 0 Å². The number of halogens is 1. The third-order valence-corrected chi connectivity index (χ3v) is 6.55. The molecule has 2 aliphatic heterocycles. The maximum atomic E-state index is 13.9. The smallest absolute Gasteiger partial charge is 0.412 e. The summed E-state index contributed by atoms with van der Waals surface area (Å²) < 4.78 is 13.9. The average molecular weight is 360 g/mol. The number of hydrogen-bond acceptors (Lipinski definition) is 3. The Balaban J connectivity index is 1.74. The minimum Gasteiger partial charge on any atom is -0.465 e. The third kappa shape index (κ3) is 2.93. The molecule has 0 unspecified atom stereocenters. The highest BCUT2D eigenvalue weighted by atomic mass is 32.1. The van der Waals surface area contributed by atoms with Crippen molar-refractivity contribution in [1.82, 2.24) is 4.90 Å². The summed E-state index contributed by atoms with van der Waals surface area (Å²) >= 11 is 1.49. The van der Waals surface area contributed by atoms with Crippen molar-refractivity contribution in [2.24, 2.45) is 0 Å². The second-order valence-corrected chi connectivity index (χ2v) is 7.91. The fourth-order valence-corrected chi connectivity index (χ4v) is 5.15. The number of hydrogen-bond donors (Lipinski definition) is 1. The van der Waals surface area contributed by atoms with Crippen molar-refractivity contribution in [3.8, 4) is 10.4 Å². The molecule has 0 aliphatic carbocycles. The summed E-state index contributed by atoms with van der Waals surface area (Å²) in [6.07, 6.45) is 2.97. The summed E-state index contributed by atoms with van der Waals surface area (Å²) in [6, 6.07) is 9.03. The standard InChI is InChI=1S/C19H21FN2O2S/c1-21-13-5-6-14(21)11-15(10-13)22(19(23)24)17-7-4-12(20)9-16(17)18-3-2-8-25-18/h2-4,7-9,13-15H,5-6,10-11H2,1H3,(H,23,24)/t13-,14+,15+. The lowest BCUT2D eigenvalue weighted by molar-refractivity contribution is 0.151. The van der Waals surface area contributed by atoms with Gasteiger partial charge in [0.05, 0.1) is 5.69 Å². The van der Waals surface area contributed by atoms with E-state index in [1.165, 1.54) is 28.4 Å². The van der Waals surface area contributed by atoms with E-state index in [4.69, 9.17) is 0 Å². The van der Waals surface area contributed by atoms with Crippen molar-refractivity contribution in [3.05, 3.63) is 41.5 Å². The van der Waals surface area contributed by atoms with Gasteiger partial charge >= 0.3 is 6.09 Å². The van der Waals surface area contributed by atoms with E-state index in [-0.39, 0.29) is 11.9 Å². The van der Waals surface area contributed by atoms with Crippen LogP contribution in [0.4, 0.5) is 14.9 Å². The van der Waals surface area contributed by atoms with Gasteiger partial charge in [0, 0.05) is 28.6 Å². The Morgan fingerprint density at radius 2 is 2.00 bits per heavy atom. The normalized spacial score (nSPS) is 25.9. The van der Waals surface area contributed by atoms with Crippen LogP contribution in [0.1, 0.15) is 25.7 Å². The van der Waals surface area contributed by atoms with Gasteiger partial charge in [-0.05, 0) is 62.4 Å². The van der Waals surface area contributed by atoms with E-state index in [0.717, 1.165) is 30.6 Å². The number of fused-ring (bicyclic) bond motifs is 2. The van der Waals surface area contributed by atoms with E-state index in [0.29, 0.717) is 23.3 Å². The molecule has 4 rings (SSSR count). The van der Waals surface area contributed by atoms with Gasteiger partial charge in [0.2, 0.25) is 0 Å². The fourth-order valence-electron chi connectivity index (χ4n) is 4.40. The Bertz CT molecular complexity index is 766. The number of rotatable bonds is 3. The molecule has 2 saturated heterocycles. The quantitative estimate of drug-likeness (QED) is 0.865. The van der Waals surface area contributed by atoms with E-state index in [9.17, 15) is 14.3 Å². The number of carboxylic acid groups (broad SMARTS) is 1. The lowest BCUT2D eigenvalue weighted by Gasteiger charge is -2.41. The minimum atomic E-state index is -0.960. The number of benzene rings is 1. The second-order valence-electron chi connectivity index (χ2n) is 6.97. The van der Waals surface area contributed by atoms with Crippen LogP contribution in [0.3, 0.4) is 0 Å². The Kier molecular flexibility index (Phi) is 4.25. The first-order valence-electron chi connectivity index (χ1n) is 8.62. The fraction of sp³-hybridized carbons (Fsp3) is 0.421. The van der Waals surface area contributed by atoms with Gasteiger partial charge in [0.1, 0.15) is 5.82 Å². The Morgan fingerprint density at radius 3 is 2.60 bits per heavy atom. The highest BCUT2D eigenvalue weighted by molar-refractivity contribution is 7.13. The molecule has 0 spiro atoms. The van der Waals surface area contributed by atoms with Crippen molar-refractivity contribution >= 4 is 23.1 Å². The van der Waals surface area contributed by atoms with Gasteiger partial charge in [-0.25, -0.2) is 9.18 Å². The maximum absolute atomic E-state index is 13.9. The van der Waals surface area contributed by atoms with Crippen molar-refractivity contribution in [1.29, 1.82) is 0 Å². The SMILES string of the molecule is CN1[C@@H]2CC[C@H]1C[C@@H](N(C(=O)O)c1ccc(F)cc1-c1cccs1)C2. The number of nitrogens with zero attached hydrogens (tertiary/aromatic N) is 2. The predicted octanol–water partition coefficient (Wildman–Crippen LogP) is 4.66. The number of carbonyl (C=O) groups is 1. The molecule has 6 heteroatoms. The van der Waals surface area contributed by atoms with Crippen LogP contribution in [0, 0.1) is 5.82 Å². The first kappa shape index (κ1) is 16.5. The summed E-state index contributed by atoms with van der Waals surface area (Å²) in [5.74, 6) is -0.346. The molecule has 0 saturated carbocycles. The van der Waals surface area contributed by atoms with Gasteiger partial charge in [-0.1, -0.05) is 6.07 Å². The van der Waals surface area contributed by atoms with Crippen LogP contribution in [-0.4, -0.2) is 41.3 Å². The zero-order valence-electron chi connectivity index (χ0n) is 14.1. The van der Waals surface area contributed by atoms with Crippen LogP contribution in [0.2, 0.25) is 0 Å². The van der Waals surface area contributed by atoms with Gasteiger partial charge in [-0.15, -0.1) is 11.3 Å². The van der Waals surface area contributed by atoms with Crippen LogP contribution >= 0.6 is 11.3 Å². The number of amides is 1. The van der Waals surface area contributed by atoms with Gasteiger partial charge in [0.25, 0.3) is 0 Å². The highest BCUT2D eigenvalue weighted by Crippen LogP contribution is 2.41. The summed E-state index contributed by atoms with van der Waals surface area (Å²) in [4.78, 5) is 16.9. The predicted molar refractivity (Wildman–Crippen MR) is 97.8 cm³/mol. The van der Waals surface area contributed by atoms with Gasteiger partial charge in [-0.3, -0.25) is 4.90 Å². The molecular formula is C19H21FN2O2S. The zero-order chi connectivity index (χ0) is 17.6. The van der Waals surface area contributed by atoms with E-state index in [2.05, 4.69) is 11.9 Å². The van der Waals surface area contributed by atoms with E-state index in [1.54, 1.807) is 6.07 Å². The number of piperidine rings is 1. The monoisotopic (exact) mass is 360 g/mol. The van der Waals surface area contributed by atoms with Crippen LogP contribution in [0.25, 0.3) is 10.4 Å². The third-order valence-electron chi connectivity index (χ3n) is 5.65. The van der Waals surface area contributed by atoms with Gasteiger partial charge in [-0.2, -0.15) is 0 Å². The lowest BCUT2D eigenvalue weighted by atomic mass is 9.95. The molecule has 0 radical (unpaired) electrons. The molecule has 4 nitrogen and oxygen atoms in total. The maximum Gasteiger partial charge on any atom is 0.412 e. The summed E-state index contributed by atoms with van der Waals surface area (Å²) in [5.41, 5.74) is 1.24. The molecule has 1 N–H and O–H groups in total. The molecular weight excluding hydrogens is 339 g/mol. The molecule has 1 amide bonds. The summed E-state index contributed by atoms with van der Waals surface area (Å²) in [6.45, 7) is 0.